The Kier molecular flexibility index (Phi) is 6.41. The minimum atomic E-state index is -0.117. The molecule has 1 N–H and O–H groups in total. The molecule has 0 radical (unpaired) electrons. The first-order valence-corrected chi connectivity index (χ1v) is 13.9. The molecule has 0 amide bonds. The Morgan fingerprint density at radius 1 is 1.11 bits per heavy atom. The number of fused-ring (bicyclic) bond motifs is 5. The van der Waals surface area contributed by atoms with E-state index in [9.17, 15) is 5.11 Å². The van der Waals surface area contributed by atoms with Gasteiger partial charge in [-0.05, 0) is 116 Å². The largest absolute Gasteiger partial charge is 0.512 e. The van der Waals surface area contributed by atoms with Crippen LogP contribution in [0.1, 0.15) is 89.7 Å². The standard InChI is InChI=1S/C32H43NO2/c1-5-15-32(6-2)17-14-27-26-12-11-24-18-25(35-21-23-9-7-22(20-33)8-10-23)19-29(34)31(24,4)28(26)13-16-30(27,32)3/h5,7-10,19,24-28,34H,1,6,11-18,21H2,2-4H3/t24?,25?,26-,27-,28-,30-,31-,32+/m0/s1. The molecule has 3 heteroatoms. The Balaban J connectivity index is 1.33. The molecular formula is C32H43NO2. The number of allylic oxidation sites excluding steroid dienone is 2. The molecule has 0 spiro atoms. The molecule has 188 valence electrons. The molecular weight excluding hydrogens is 430 g/mol. The summed E-state index contributed by atoms with van der Waals surface area (Å²) in [5, 5.41) is 20.5. The molecule has 8 atom stereocenters. The van der Waals surface area contributed by atoms with Crippen molar-refractivity contribution in [3.05, 3.63) is 59.9 Å². The van der Waals surface area contributed by atoms with Gasteiger partial charge in [-0.15, -0.1) is 6.58 Å². The van der Waals surface area contributed by atoms with Gasteiger partial charge in [0.1, 0.15) is 0 Å². The van der Waals surface area contributed by atoms with Crippen LogP contribution < -0.4 is 0 Å². The molecule has 1 aromatic carbocycles. The highest BCUT2D eigenvalue weighted by Crippen LogP contribution is 2.72. The van der Waals surface area contributed by atoms with Gasteiger partial charge < -0.3 is 9.84 Å². The van der Waals surface area contributed by atoms with Crippen molar-refractivity contribution in [1.82, 2.24) is 0 Å². The number of nitriles is 1. The summed E-state index contributed by atoms with van der Waals surface area (Å²) in [6.07, 6.45) is 15.3. The van der Waals surface area contributed by atoms with E-state index in [2.05, 4.69) is 39.5 Å². The average Bonchev–Trinajstić information content (AvgIpc) is 3.16. The summed E-state index contributed by atoms with van der Waals surface area (Å²) in [7, 11) is 0. The molecule has 4 aliphatic rings. The van der Waals surface area contributed by atoms with E-state index in [1.54, 1.807) is 0 Å². The highest BCUT2D eigenvalue weighted by Gasteiger charge is 2.64. The number of ether oxygens (including phenoxy) is 1. The Morgan fingerprint density at radius 2 is 1.86 bits per heavy atom. The Hall–Kier alpha value is -2.05. The zero-order chi connectivity index (χ0) is 24.8. The molecule has 3 nitrogen and oxygen atoms in total. The fourth-order valence-electron chi connectivity index (χ4n) is 9.46. The zero-order valence-electron chi connectivity index (χ0n) is 21.9. The molecule has 3 saturated carbocycles. The van der Waals surface area contributed by atoms with Crippen molar-refractivity contribution in [3.8, 4) is 6.07 Å². The maximum Gasteiger partial charge on any atom is 0.0991 e. The topological polar surface area (TPSA) is 53.2 Å². The fourth-order valence-corrected chi connectivity index (χ4v) is 9.46. The van der Waals surface area contributed by atoms with Gasteiger partial charge >= 0.3 is 0 Å². The number of rotatable bonds is 6. The van der Waals surface area contributed by atoms with Crippen LogP contribution in [-0.2, 0) is 11.3 Å². The second-order valence-corrected chi connectivity index (χ2v) is 12.5. The number of hydrogen-bond donors (Lipinski definition) is 1. The summed E-state index contributed by atoms with van der Waals surface area (Å²) in [5.41, 5.74) is 2.44. The van der Waals surface area contributed by atoms with E-state index >= 15 is 0 Å². The normalized spacial score (nSPS) is 42.2. The maximum atomic E-state index is 11.5. The molecule has 0 bridgehead atoms. The third-order valence-electron chi connectivity index (χ3n) is 11.6. The monoisotopic (exact) mass is 473 g/mol. The van der Waals surface area contributed by atoms with Crippen molar-refractivity contribution in [3.63, 3.8) is 0 Å². The molecule has 2 unspecified atom stereocenters. The second-order valence-electron chi connectivity index (χ2n) is 12.5. The van der Waals surface area contributed by atoms with Gasteiger partial charge in [0, 0.05) is 5.41 Å². The van der Waals surface area contributed by atoms with Crippen LogP contribution in [0.4, 0.5) is 0 Å². The van der Waals surface area contributed by atoms with Crippen LogP contribution in [0.3, 0.4) is 0 Å². The average molecular weight is 474 g/mol. The third-order valence-corrected chi connectivity index (χ3v) is 11.6. The first-order chi connectivity index (χ1) is 16.8. The van der Waals surface area contributed by atoms with Gasteiger partial charge in [-0.3, -0.25) is 0 Å². The smallest absolute Gasteiger partial charge is 0.0991 e. The number of aliphatic hydroxyl groups excluding tert-OH is 1. The summed E-state index contributed by atoms with van der Waals surface area (Å²) in [6, 6.07) is 9.77. The van der Waals surface area contributed by atoms with Crippen LogP contribution >= 0.6 is 0 Å². The van der Waals surface area contributed by atoms with E-state index in [-0.39, 0.29) is 11.5 Å². The van der Waals surface area contributed by atoms with Crippen LogP contribution in [-0.4, -0.2) is 11.2 Å². The van der Waals surface area contributed by atoms with Crippen molar-refractivity contribution in [2.45, 2.75) is 91.3 Å². The summed E-state index contributed by atoms with van der Waals surface area (Å²) >= 11 is 0. The van der Waals surface area contributed by atoms with Crippen molar-refractivity contribution in [2.75, 3.05) is 0 Å². The number of aliphatic hydroxyl groups is 1. The Bertz CT molecular complexity index is 1020. The first-order valence-electron chi connectivity index (χ1n) is 13.9. The van der Waals surface area contributed by atoms with Crippen LogP contribution in [0.2, 0.25) is 0 Å². The number of hydrogen-bond acceptors (Lipinski definition) is 3. The summed E-state index contributed by atoms with van der Waals surface area (Å²) in [4.78, 5) is 0. The molecule has 3 fully saturated rings. The van der Waals surface area contributed by atoms with Gasteiger partial charge in [0.25, 0.3) is 0 Å². The molecule has 5 rings (SSSR count). The molecule has 1 aromatic rings. The van der Waals surface area contributed by atoms with Gasteiger partial charge in [-0.1, -0.05) is 39.0 Å². The molecule has 35 heavy (non-hydrogen) atoms. The van der Waals surface area contributed by atoms with Gasteiger partial charge in [-0.25, -0.2) is 0 Å². The van der Waals surface area contributed by atoms with Crippen molar-refractivity contribution in [1.29, 1.82) is 5.26 Å². The van der Waals surface area contributed by atoms with Crippen LogP contribution in [0.15, 0.2) is 48.8 Å². The number of nitrogens with zero attached hydrogens (tertiary/aromatic N) is 1. The molecule has 0 aromatic heterocycles. The lowest BCUT2D eigenvalue weighted by atomic mass is 9.43. The molecule has 0 heterocycles. The van der Waals surface area contributed by atoms with E-state index in [1.165, 1.54) is 44.9 Å². The van der Waals surface area contributed by atoms with Gasteiger partial charge in [0.15, 0.2) is 0 Å². The Labute approximate surface area is 212 Å². The summed E-state index contributed by atoms with van der Waals surface area (Å²) in [6.45, 7) is 12.0. The maximum absolute atomic E-state index is 11.5. The molecule has 0 aliphatic heterocycles. The second kappa shape index (κ2) is 9.11. The van der Waals surface area contributed by atoms with Gasteiger partial charge in [0.2, 0.25) is 0 Å². The minimum Gasteiger partial charge on any atom is -0.512 e. The van der Waals surface area contributed by atoms with Gasteiger partial charge in [0.05, 0.1) is 30.1 Å². The van der Waals surface area contributed by atoms with Crippen molar-refractivity contribution in [2.24, 2.45) is 39.9 Å². The van der Waals surface area contributed by atoms with Crippen molar-refractivity contribution < 1.29 is 9.84 Å². The first kappa shape index (κ1) is 24.6. The SMILES string of the molecule is C=CC[C@]1(CC)CC[C@H]2[C@@H]3CCC4CC(OCc5ccc(C#N)cc5)C=C(O)[C@]4(C)[C@H]3CC[C@@]21C. The van der Waals surface area contributed by atoms with Crippen LogP contribution in [0.5, 0.6) is 0 Å². The van der Waals surface area contributed by atoms with E-state index in [0.717, 1.165) is 30.2 Å². The predicted octanol–water partition coefficient (Wildman–Crippen LogP) is 8.12. The van der Waals surface area contributed by atoms with E-state index in [1.807, 2.05) is 30.3 Å². The number of benzene rings is 1. The predicted molar refractivity (Wildman–Crippen MR) is 140 cm³/mol. The lowest BCUT2D eigenvalue weighted by Crippen LogP contribution is -2.55. The molecule has 4 aliphatic carbocycles. The lowest BCUT2D eigenvalue weighted by molar-refractivity contribution is -0.125. The van der Waals surface area contributed by atoms with E-state index in [0.29, 0.717) is 40.6 Å². The quantitative estimate of drug-likeness (QED) is 0.424. The van der Waals surface area contributed by atoms with Gasteiger partial charge in [-0.2, -0.15) is 5.26 Å². The van der Waals surface area contributed by atoms with Crippen molar-refractivity contribution >= 4 is 0 Å². The van der Waals surface area contributed by atoms with Crippen LogP contribution in [0, 0.1) is 51.2 Å². The van der Waals surface area contributed by atoms with E-state index < -0.39 is 0 Å². The molecule has 0 saturated heterocycles. The highest BCUT2D eigenvalue weighted by atomic mass is 16.5. The summed E-state index contributed by atoms with van der Waals surface area (Å²) in [5.74, 6) is 3.14. The Morgan fingerprint density at radius 3 is 2.54 bits per heavy atom. The lowest BCUT2D eigenvalue weighted by Gasteiger charge is -2.61. The summed E-state index contributed by atoms with van der Waals surface area (Å²) < 4.78 is 6.27. The van der Waals surface area contributed by atoms with Crippen LogP contribution in [0.25, 0.3) is 0 Å². The fraction of sp³-hybridized carbons (Fsp3) is 0.656. The minimum absolute atomic E-state index is 0.0408. The van der Waals surface area contributed by atoms with E-state index in [4.69, 9.17) is 10.00 Å². The highest BCUT2D eigenvalue weighted by molar-refractivity contribution is 5.31. The third kappa shape index (κ3) is 3.71. The zero-order valence-corrected chi connectivity index (χ0v) is 21.9.